The van der Waals surface area contributed by atoms with Crippen molar-refractivity contribution in [3.05, 3.63) is 87.3 Å². The number of amides is 1. The molecule has 0 spiro atoms. The Labute approximate surface area is 261 Å². The highest BCUT2D eigenvalue weighted by molar-refractivity contribution is 7.21. The van der Waals surface area contributed by atoms with Gasteiger partial charge in [-0.05, 0) is 68.1 Å². The number of hydrogen-bond donors (Lipinski definition) is 1. The maximum Gasteiger partial charge on any atom is 0.307 e. The molecule has 4 aromatic rings. The molecule has 1 saturated carbocycles. The molecule has 0 saturated heterocycles. The largest absolute Gasteiger partial charge is 0.496 e. The Hall–Kier alpha value is -3.47. The van der Waals surface area contributed by atoms with Crippen molar-refractivity contribution in [3.8, 4) is 16.9 Å². The van der Waals surface area contributed by atoms with E-state index in [9.17, 15) is 27.2 Å². The van der Waals surface area contributed by atoms with Crippen molar-refractivity contribution in [2.45, 2.75) is 57.2 Å². The highest BCUT2D eigenvalue weighted by atomic mass is 35.5. The molecular formula is C33H31ClF4N2O3S. The molecular weight excluding hydrogens is 616 g/mol. The van der Waals surface area contributed by atoms with E-state index in [0.29, 0.717) is 42.7 Å². The van der Waals surface area contributed by atoms with Crippen molar-refractivity contribution in [2.24, 2.45) is 0 Å². The maximum atomic E-state index is 14.7. The zero-order chi connectivity index (χ0) is 31.8. The molecule has 5 rings (SSSR count). The molecule has 0 aliphatic heterocycles. The third-order valence-corrected chi connectivity index (χ3v) is 9.86. The van der Waals surface area contributed by atoms with Crippen LogP contribution in [0.3, 0.4) is 0 Å². The second-order valence-electron chi connectivity index (χ2n) is 11.0. The lowest BCUT2D eigenvalue weighted by atomic mass is 9.89. The van der Waals surface area contributed by atoms with E-state index >= 15 is 0 Å². The molecule has 5 nitrogen and oxygen atoms in total. The van der Waals surface area contributed by atoms with Crippen LogP contribution >= 0.6 is 22.9 Å². The first-order valence-corrected chi connectivity index (χ1v) is 15.4. The molecule has 1 amide bonds. The number of nitrogens with one attached hydrogen (secondary N) is 1. The number of ether oxygens (including phenoxy) is 1. The van der Waals surface area contributed by atoms with Gasteiger partial charge in [-0.2, -0.15) is 8.78 Å². The molecule has 1 aliphatic rings. The van der Waals surface area contributed by atoms with Crippen LogP contribution < -0.4 is 10.1 Å². The second-order valence-corrected chi connectivity index (χ2v) is 12.4. The van der Waals surface area contributed by atoms with Gasteiger partial charge in [0.25, 0.3) is 5.91 Å². The van der Waals surface area contributed by atoms with Gasteiger partial charge >= 0.3 is 5.92 Å². The summed E-state index contributed by atoms with van der Waals surface area (Å²) in [5.74, 6) is -6.01. The number of rotatable bonds is 9. The Kier molecular flexibility index (Phi) is 9.34. The van der Waals surface area contributed by atoms with Crippen molar-refractivity contribution in [3.63, 3.8) is 0 Å². The van der Waals surface area contributed by atoms with E-state index in [1.165, 1.54) is 19.2 Å². The van der Waals surface area contributed by atoms with E-state index in [4.69, 9.17) is 16.3 Å². The average molecular weight is 647 g/mol. The summed E-state index contributed by atoms with van der Waals surface area (Å²) >= 11 is 7.37. The predicted molar refractivity (Wildman–Crippen MR) is 165 cm³/mol. The third-order valence-electron chi connectivity index (χ3n) is 8.18. The minimum atomic E-state index is -3.48. The number of thiophene rings is 1. The summed E-state index contributed by atoms with van der Waals surface area (Å²) in [6.45, 7) is 0.690. The van der Waals surface area contributed by atoms with Gasteiger partial charge in [0.15, 0.2) is 0 Å². The first-order chi connectivity index (χ1) is 20.9. The van der Waals surface area contributed by atoms with Crippen LogP contribution in [0.2, 0.25) is 5.02 Å². The topological polar surface area (TPSA) is 58.6 Å². The Morgan fingerprint density at radius 1 is 1.00 bits per heavy atom. The normalized spacial score (nSPS) is 17.1. The van der Waals surface area contributed by atoms with Crippen molar-refractivity contribution < 1.29 is 31.9 Å². The Balaban J connectivity index is 1.52. The molecule has 1 heterocycles. The van der Waals surface area contributed by atoms with Gasteiger partial charge in [-0.15, -0.1) is 11.3 Å². The summed E-state index contributed by atoms with van der Waals surface area (Å²) in [5.41, 5.74) is 1.97. The number of halogens is 5. The molecule has 232 valence electrons. The molecule has 0 atom stereocenters. The highest BCUT2D eigenvalue weighted by Gasteiger charge is 2.34. The molecule has 3 aromatic carbocycles. The van der Waals surface area contributed by atoms with Crippen LogP contribution in [-0.4, -0.2) is 48.8 Å². The van der Waals surface area contributed by atoms with Crippen LogP contribution in [0.5, 0.6) is 5.75 Å². The Morgan fingerprint density at radius 2 is 1.64 bits per heavy atom. The molecule has 0 unspecified atom stereocenters. The van der Waals surface area contributed by atoms with Gasteiger partial charge in [0.05, 0.1) is 22.2 Å². The van der Waals surface area contributed by atoms with Crippen molar-refractivity contribution in [1.82, 2.24) is 10.2 Å². The zero-order valence-electron chi connectivity index (χ0n) is 24.4. The molecule has 0 bridgehead atoms. The number of ketones is 1. The van der Waals surface area contributed by atoms with E-state index in [-0.39, 0.29) is 38.1 Å². The number of methoxy groups -OCH3 is 1. The number of Topliss-reactive ketones (excluding diaryl/α,β-unsaturated/α-hetero) is 1. The fourth-order valence-electron chi connectivity index (χ4n) is 5.74. The number of alkyl halides is 2. The molecule has 1 aromatic heterocycles. The number of carbonyl (C=O) groups is 2. The van der Waals surface area contributed by atoms with Crippen molar-refractivity contribution >= 4 is 44.7 Å². The first kappa shape index (κ1) is 31.9. The minimum absolute atomic E-state index is 0.0143. The van der Waals surface area contributed by atoms with Gasteiger partial charge < -0.3 is 15.0 Å². The van der Waals surface area contributed by atoms with E-state index < -0.39 is 29.2 Å². The first-order valence-electron chi connectivity index (χ1n) is 14.2. The Bertz CT molecular complexity index is 1700. The van der Waals surface area contributed by atoms with E-state index in [0.717, 1.165) is 41.9 Å². The summed E-state index contributed by atoms with van der Waals surface area (Å²) < 4.78 is 62.0. The van der Waals surface area contributed by atoms with Gasteiger partial charge in [-0.1, -0.05) is 41.9 Å². The smallest absolute Gasteiger partial charge is 0.307 e. The van der Waals surface area contributed by atoms with Crippen molar-refractivity contribution in [2.75, 3.05) is 14.2 Å². The van der Waals surface area contributed by atoms with Crippen LogP contribution in [0.4, 0.5) is 17.6 Å². The van der Waals surface area contributed by atoms with Crippen LogP contribution in [-0.2, 0) is 6.54 Å². The maximum absolute atomic E-state index is 14.7. The quantitative estimate of drug-likeness (QED) is 0.146. The van der Waals surface area contributed by atoms with Gasteiger partial charge in [-0.3, -0.25) is 9.59 Å². The summed E-state index contributed by atoms with van der Waals surface area (Å²) in [5, 5.41) is 3.06. The number of carbonyl (C=O) groups excluding carboxylic acids is 2. The van der Waals surface area contributed by atoms with Crippen LogP contribution in [0.15, 0.2) is 54.6 Å². The summed E-state index contributed by atoms with van der Waals surface area (Å²) in [7, 11) is 3.42. The number of benzene rings is 3. The zero-order valence-corrected chi connectivity index (χ0v) is 25.9. The molecule has 1 aliphatic carbocycles. The van der Waals surface area contributed by atoms with Crippen molar-refractivity contribution in [1.29, 1.82) is 0 Å². The van der Waals surface area contributed by atoms with Gasteiger partial charge in [0.1, 0.15) is 22.3 Å². The fraction of sp³-hybridized carbons (Fsp3) is 0.333. The lowest BCUT2D eigenvalue weighted by molar-refractivity contribution is 0.0221. The Morgan fingerprint density at radius 3 is 2.23 bits per heavy atom. The summed E-state index contributed by atoms with van der Waals surface area (Å²) in [4.78, 5) is 28.0. The van der Waals surface area contributed by atoms with Gasteiger partial charge in [0.2, 0.25) is 5.78 Å². The predicted octanol–water partition coefficient (Wildman–Crippen LogP) is 8.52. The lowest BCUT2D eigenvalue weighted by Crippen LogP contribution is -2.44. The van der Waals surface area contributed by atoms with E-state index in [2.05, 4.69) is 5.32 Å². The summed E-state index contributed by atoms with van der Waals surface area (Å²) in [6, 6.07) is 13.4. The lowest BCUT2D eigenvalue weighted by Gasteiger charge is -2.37. The van der Waals surface area contributed by atoms with Crippen LogP contribution in [0, 0.1) is 11.6 Å². The molecule has 1 N–H and O–H groups in total. The number of nitrogens with zero attached hydrogens (tertiary/aromatic N) is 1. The van der Waals surface area contributed by atoms with Crippen LogP contribution in [0.1, 0.15) is 58.2 Å². The number of hydrogen-bond acceptors (Lipinski definition) is 5. The average Bonchev–Trinajstić information content (AvgIpc) is 3.38. The molecule has 1 fully saturated rings. The van der Waals surface area contributed by atoms with E-state index in [1.807, 2.05) is 13.1 Å². The fourth-order valence-corrected chi connectivity index (χ4v) is 7.25. The standard InChI is InChI=1S/C33H31ClF4N2O3S/c1-33(37,38)31(41)19-6-4-18(5-7-19)20-8-15-26(43-3)21(16-20)17-40(23-11-9-22(39-2)10-12-23)32(42)30-28(34)27-24(35)13-14-25(36)29(27)44-30/h4-8,13-16,22-23,39H,9-12,17H2,1-3H3/t22-,23-. The molecule has 11 heteroatoms. The SMILES string of the molecule is CN[C@H]1CC[C@H](N(Cc2cc(-c3ccc(C(=O)C(C)(F)F)cc3)ccc2OC)C(=O)c2sc3c(F)ccc(F)c3c2Cl)CC1. The summed E-state index contributed by atoms with van der Waals surface area (Å²) in [6.07, 6.45) is 3.10. The highest BCUT2D eigenvalue weighted by Crippen LogP contribution is 2.40. The molecule has 44 heavy (non-hydrogen) atoms. The molecule has 0 radical (unpaired) electrons. The third kappa shape index (κ3) is 6.34. The number of fused-ring (bicyclic) bond motifs is 1. The van der Waals surface area contributed by atoms with Crippen LogP contribution in [0.25, 0.3) is 21.2 Å². The van der Waals surface area contributed by atoms with Gasteiger partial charge in [0, 0.05) is 36.7 Å². The van der Waals surface area contributed by atoms with Gasteiger partial charge in [-0.25, -0.2) is 8.78 Å². The second kappa shape index (κ2) is 12.9. The monoisotopic (exact) mass is 646 g/mol. The van der Waals surface area contributed by atoms with E-state index in [1.54, 1.807) is 29.2 Å². The minimum Gasteiger partial charge on any atom is -0.496 e.